The van der Waals surface area contributed by atoms with Crippen molar-refractivity contribution in [3.05, 3.63) is 83.9 Å². The maximum atomic E-state index is 10.7. The number of β-amino-alcohol motifs (C(OH)–C–C–N with tert-alkyl or cyclic N) is 1. The summed E-state index contributed by atoms with van der Waals surface area (Å²) in [5.74, 6) is 0.547. The molecule has 0 amide bonds. The van der Waals surface area contributed by atoms with Gasteiger partial charge in [-0.25, -0.2) is 0 Å². The van der Waals surface area contributed by atoms with E-state index in [1.807, 2.05) is 0 Å². The van der Waals surface area contributed by atoms with Gasteiger partial charge in [-0.1, -0.05) is 92.1 Å². The Morgan fingerprint density at radius 3 is 2.36 bits per heavy atom. The van der Waals surface area contributed by atoms with Crippen molar-refractivity contribution in [3.63, 3.8) is 0 Å². The fraction of sp³-hybridized carbons (Fsp3) is 0.467. The minimum absolute atomic E-state index is 0.0757. The van der Waals surface area contributed by atoms with Gasteiger partial charge in [-0.05, 0) is 60.9 Å². The number of rotatable bonds is 10. The predicted octanol–water partition coefficient (Wildman–Crippen LogP) is 6.45. The molecule has 1 aliphatic rings. The lowest BCUT2D eigenvalue weighted by molar-refractivity contribution is -0.0444. The Hall–Kier alpha value is -2.20. The van der Waals surface area contributed by atoms with Gasteiger partial charge in [0.15, 0.2) is 0 Å². The first-order valence-electron chi connectivity index (χ1n) is 12.6. The SMILES string of the molecule is CC(C)(Cc1ccc2ccccc2c1)NC[C@@H](O)COC(c1ccccc1)C1CCCCC1. The van der Waals surface area contributed by atoms with Crippen molar-refractivity contribution in [2.45, 2.75) is 70.1 Å². The summed E-state index contributed by atoms with van der Waals surface area (Å²) in [4.78, 5) is 0. The molecule has 1 unspecified atom stereocenters. The third-order valence-electron chi connectivity index (χ3n) is 6.95. The van der Waals surface area contributed by atoms with E-state index in [-0.39, 0.29) is 11.6 Å². The second kappa shape index (κ2) is 11.3. The van der Waals surface area contributed by atoms with Gasteiger partial charge >= 0.3 is 0 Å². The highest BCUT2D eigenvalue weighted by atomic mass is 16.5. The molecule has 1 saturated carbocycles. The summed E-state index contributed by atoms with van der Waals surface area (Å²) in [5, 5.41) is 16.8. The first-order chi connectivity index (χ1) is 16.0. The van der Waals surface area contributed by atoms with Gasteiger partial charge in [0.1, 0.15) is 0 Å². The Bertz CT molecular complexity index is 994. The Labute approximate surface area is 199 Å². The van der Waals surface area contributed by atoms with Crippen LogP contribution in [-0.2, 0) is 11.2 Å². The van der Waals surface area contributed by atoms with E-state index < -0.39 is 6.10 Å². The fourth-order valence-electron chi connectivity index (χ4n) is 5.17. The Morgan fingerprint density at radius 2 is 1.61 bits per heavy atom. The van der Waals surface area contributed by atoms with Crippen LogP contribution in [0.3, 0.4) is 0 Å². The maximum Gasteiger partial charge on any atom is 0.0898 e. The van der Waals surface area contributed by atoms with E-state index in [1.54, 1.807) is 0 Å². The van der Waals surface area contributed by atoms with E-state index in [0.717, 1.165) is 6.42 Å². The molecule has 0 bridgehead atoms. The number of aliphatic hydroxyl groups is 1. The molecule has 0 saturated heterocycles. The standard InChI is InChI=1S/C30H39NO2/c1-30(2,20-23-17-18-24-11-9-10-16-27(24)19-23)31-21-28(32)22-33-29(25-12-5-3-6-13-25)26-14-7-4-8-15-26/h3,5-6,9-13,16-19,26,28-29,31-32H,4,7-8,14-15,20-22H2,1-2H3/t28-,29?/m1/s1. The highest BCUT2D eigenvalue weighted by molar-refractivity contribution is 5.83. The van der Waals surface area contributed by atoms with E-state index in [2.05, 4.69) is 92.0 Å². The van der Waals surface area contributed by atoms with Crippen molar-refractivity contribution in [1.82, 2.24) is 5.32 Å². The predicted molar refractivity (Wildman–Crippen MR) is 137 cm³/mol. The van der Waals surface area contributed by atoms with Gasteiger partial charge in [-0.15, -0.1) is 0 Å². The lowest BCUT2D eigenvalue weighted by atomic mass is 9.82. The molecule has 3 heteroatoms. The van der Waals surface area contributed by atoms with Gasteiger partial charge in [0.2, 0.25) is 0 Å². The minimum Gasteiger partial charge on any atom is -0.389 e. The molecule has 0 aliphatic heterocycles. The van der Waals surface area contributed by atoms with Crippen LogP contribution >= 0.6 is 0 Å². The number of fused-ring (bicyclic) bond motifs is 1. The molecule has 3 aromatic carbocycles. The van der Waals surface area contributed by atoms with Crippen LogP contribution in [0.5, 0.6) is 0 Å². The number of nitrogens with one attached hydrogen (secondary N) is 1. The molecule has 33 heavy (non-hydrogen) atoms. The van der Waals surface area contributed by atoms with Crippen molar-refractivity contribution in [3.8, 4) is 0 Å². The smallest absolute Gasteiger partial charge is 0.0898 e. The van der Waals surface area contributed by atoms with Crippen LogP contribution in [0.15, 0.2) is 72.8 Å². The summed E-state index contributed by atoms with van der Waals surface area (Å²) in [5.41, 5.74) is 2.42. The molecule has 176 valence electrons. The second-order valence-electron chi connectivity index (χ2n) is 10.3. The van der Waals surface area contributed by atoms with E-state index in [0.29, 0.717) is 19.1 Å². The summed E-state index contributed by atoms with van der Waals surface area (Å²) in [7, 11) is 0. The zero-order chi connectivity index (χ0) is 23.1. The van der Waals surface area contributed by atoms with Crippen molar-refractivity contribution >= 4 is 10.8 Å². The number of hydrogen-bond acceptors (Lipinski definition) is 3. The summed E-state index contributed by atoms with van der Waals surface area (Å²) in [6, 6.07) is 25.7. The van der Waals surface area contributed by atoms with Crippen LogP contribution in [-0.4, -0.2) is 29.9 Å². The van der Waals surface area contributed by atoms with Crippen molar-refractivity contribution in [1.29, 1.82) is 0 Å². The Morgan fingerprint density at radius 1 is 0.909 bits per heavy atom. The molecule has 1 aliphatic carbocycles. The van der Waals surface area contributed by atoms with Gasteiger partial charge in [0.05, 0.1) is 18.8 Å². The highest BCUT2D eigenvalue weighted by Crippen LogP contribution is 2.36. The van der Waals surface area contributed by atoms with Crippen LogP contribution in [0.4, 0.5) is 0 Å². The van der Waals surface area contributed by atoms with Gasteiger partial charge in [-0.2, -0.15) is 0 Å². The minimum atomic E-state index is -0.532. The molecule has 0 spiro atoms. The first kappa shape index (κ1) is 23.9. The average molecular weight is 446 g/mol. The zero-order valence-corrected chi connectivity index (χ0v) is 20.2. The lowest BCUT2D eigenvalue weighted by Gasteiger charge is -2.32. The monoisotopic (exact) mass is 445 g/mol. The van der Waals surface area contributed by atoms with E-state index in [9.17, 15) is 5.11 Å². The summed E-state index contributed by atoms with van der Waals surface area (Å²) < 4.78 is 6.37. The van der Waals surface area contributed by atoms with E-state index >= 15 is 0 Å². The fourth-order valence-corrected chi connectivity index (χ4v) is 5.17. The van der Waals surface area contributed by atoms with Crippen LogP contribution in [0.1, 0.15) is 63.2 Å². The average Bonchev–Trinajstić information content (AvgIpc) is 2.84. The first-order valence-corrected chi connectivity index (χ1v) is 12.6. The van der Waals surface area contributed by atoms with Crippen molar-refractivity contribution < 1.29 is 9.84 Å². The van der Waals surface area contributed by atoms with Crippen LogP contribution < -0.4 is 5.32 Å². The number of ether oxygens (including phenoxy) is 1. The summed E-state index contributed by atoms with van der Waals surface area (Å²) in [6.45, 7) is 5.27. The molecular formula is C30H39NO2. The Balaban J connectivity index is 1.30. The molecule has 0 heterocycles. The van der Waals surface area contributed by atoms with Crippen LogP contribution in [0, 0.1) is 5.92 Å². The molecule has 0 radical (unpaired) electrons. The summed E-state index contributed by atoms with van der Waals surface area (Å²) in [6.07, 6.45) is 6.77. The maximum absolute atomic E-state index is 10.7. The zero-order valence-electron chi connectivity index (χ0n) is 20.2. The van der Waals surface area contributed by atoms with Gasteiger partial charge in [0, 0.05) is 12.1 Å². The van der Waals surface area contributed by atoms with Crippen molar-refractivity contribution in [2.24, 2.45) is 5.92 Å². The topological polar surface area (TPSA) is 41.5 Å². The Kier molecular flexibility index (Phi) is 8.19. The molecular weight excluding hydrogens is 406 g/mol. The number of benzene rings is 3. The van der Waals surface area contributed by atoms with Gasteiger partial charge in [0.25, 0.3) is 0 Å². The second-order valence-corrected chi connectivity index (χ2v) is 10.3. The van der Waals surface area contributed by atoms with E-state index in [4.69, 9.17) is 4.74 Å². The molecule has 3 nitrogen and oxygen atoms in total. The van der Waals surface area contributed by atoms with Crippen molar-refractivity contribution in [2.75, 3.05) is 13.2 Å². The molecule has 4 rings (SSSR count). The van der Waals surface area contributed by atoms with Crippen LogP contribution in [0.25, 0.3) is 10.8 Å². The van der Waals surface area contributed by atoms with Gasteiger partial charge < -0.3 is 15.2 Å². The lowest BCUT2D eigenvalue weighted by Crippen LogP contribution is -2.46. The largest absolute Gasteiger partial charge is 0.389 e. The molecule has 2 N–H and O–H groups in total. The van der Waals surface area contributed by atoms with E-state index in [1.165, 1.54) is 54.0 Å². The molecule has 3 aromatic rings. The van der Waals surface area contributed by atoms with Gasteiger partial charge in [-0.3, -0.25) is 0 Å². The molecule has 0 aromatic heterocycles. The van der Waals surface area contributed by atoms with Crippen LogP contribution in [0.2, 0.25) is 0 Å². The molecule has 1 fully saturated rings. The quantitative estimate of drug-likeness (QED) is 0.377. The number of hydrogen-bond donors (Lipinski definition) is 2. The third-order valence-corrected chi connectivity index (χ3v) is 6.95. The number of aliphatic hydroxyl groups excluding tert-OH is 1. The normalized spacial score (nSPS) is 17.2. The summed E-state index contributed by atoms with van der Waals surface area (Å²) >= 11 is 0. The molecule has 2 atom stereocenters. The third kappa shape index (κ3) is 6.89. The highest BCUT2D eigenvalue weighted by Gasteiger charge is 2.27.